The minimum Gasteiger partial charge on any atom is -0.489 e. The average Bonchev–Trinajstić information content (AvgIpc) is 3.52. The maximum Gasteiger partial charge on any atom is 0.338 e. The van der Waals surface area contributed by atoms with Gasteiger partial charge in [0.2, 0.25) is 10.0 Å². The van der Waals surface area contributed by atoms with Crippen LogP contribution in [-0.4, -0.2) is 49.3 Å². The molecule has 10 heteroatoms. The molecule has 0 N–H and O–H groups in total. The molecule has 184 valence electrons. The number of aryl methyl sites for hydroxylation is 2. The van der Waals surface area contributed by atoms with Gasteiger partial charge in [-0.3, -0.25) is 4.79 Å². The van der Waals surface area contributed by atoms with Crippen molar-refractivity contribution in [2.75, 3.05) is 19.7 Å². The third-order valence-corrected chi connectivity index (χ3v) is 7.76. The highest BCUT2D eigenvalue weighted by molar-refractivity contribution is 7.89. The summed E-state index contributed by atoms with van der Waals surface area (Å²) >= 11 is 0. The second-order valence-electron chi connectivity index (χ2n) is 8.25. The molecule has 2 aromatic carbocycles. The summed E-state index contributed by atoms with van der Waals surface area (Å²) in [6, 6.07) is 12.1. The molecule has 3 aromatic rings. The van der Waals surface area contributed by atoms with Gasteiger partial charge in [-0.2, -0.15) is 4.31 Å². The zero-order valence-corrected chi connectivity index (χ0v) is 20.3. The Bertz CT molecular complexity index is 1300. The van der Waals surface area contributed by atoms with Gasteiger partial charge in [0.25, 0.3) is 0 Å². The molecular formula is C25H26N2O7S. The van der Waals surface area contributed by atoms with Crippen molar-refractivity contribution < 1.29 is 32.0 Å². The van der Waals surface area contributed by atoms with Crippen LogP contribution in [0, 0.1) is 13.8 Å². The average molecular weight is 499 g/mol. The molecule has 0 atom stereocenters. The van der Waals surface area contributed by atoms with Crippen LogP contribution in [0.4, 0.5) is 0 Å². The van der Waals surface area contributed by atoms with E-state index in [4.69, 9.17) is 14.0 Å². The van der Waals surface area contributed by atoms with Gasteiger partial charge in [-0.25, -0.2) is 13.2 Å². The van der Waals surface area contributed by atoms with Gasteiger partial charge in [0, 0.05) is 18.7 Å². The molecule has 4 rings (SSSR count). The smallest absolute Gasteiger partial charge is 0.338 e. The number of Topliss-reactive ketones (excluding diaryl/α,β-unsaturated/α-hetero) is 1. The van der Waals surface area contributed by atoms with Crippen LogP contribution < -0.4 is 4.74 Å². The van der Waals surface area contributed by atoms with Gasteiger partial charge in [0.1, 0.15) is 18.1 Å². The first-order valence-electron chi connectivity index (χ1n) is 11.2. The maximum atomic E-state index is 12.6. The van der Waals surface area contributed by atoms with E-state index in [0.29, 0.717) is 24.6 Å². The molecular weight excluding hydrogens is 472 g/mol. The summed E-state index contributed by atoms with van der Waals surface area (Å²) < 4.78 is 42.7. The van der Waals surface area contributed by atoms with E-state index in [2.05, 4.69) is 5.16 Å². The fraction of sp³-hybridized carbons (Fsp3) is 0.320. The van der Waals surface area contributed by atoms with Gasteiger partial charge in [0.15, 0.2) is 12.4 Å². The second kappa shape index (κ2) is 10.4. The fourth-order valence-corrected chi connectivity index (χ4v) is 5.28. The molecule has 0 aliphatic carbocycles. The van der Waals surface area contributed by atoms with Gasteiger partial charge in [-0.1, -0.05) is 11.2 Å². The van der Waals surface area contributed by atoms with E-state index < -0.39 is 28.4 Å². The van der Waals surface area contributed by atoms with Gasteiger partial charge >= 0.3 is 5.97 Å². The number of aromatic nitrogens is 1. The summed E-state index contributed by atoms with van der Waals surface area (Å²) in [5, 5.41) is 3.88. The van der Waals surface area contributed by atoms with E-state index in [1.54, 1.807) is 25.1 Å². The summed E-state index contributed by atoms with van der Waals surface area (Å²) in [6.45, 7) is 4.39. The molecule has 0 radical (unpaired) electrons. The molecule has 0 spiro atoms. The number of carbonyl (C=O) groups excluding carboxylic acids is 2. The molecule has 0 unspecified atom stereocenters. The van der Waals surface area contributed by atoms with Crippen molar-refractivity contribution in [2.45, 2.75) is 38.2 Å². The number of rotatable bonds is 9. The number of carbonyl (C=O) groups is 2. The molecule has 2 heterocycles. The topological polar surface area (TPSA) is 116 Å². The SMILES string of the molecule is Cc1noc(C)c1COc1cccc(C(=O)OCC(=O)c2ccc(S(=O)(=O)N3CCCC3)cc2)c1. The highest BCUT2D eigenvalue weighted by Gasteiger charge is 2.27. The van der Waals surface area contributed by atoms with Crippen molar-refractivity contribution in [1.82, 2.24) is 9.46 Å². The third-order valence-electron chi connectivity index (χ3n) is 5.85. The lowest BCUT2D eigenvalue weighted by Crippen LogP contribution is -2.27. The summed E-state index contributed by atoms with van der Waals surface area (Å²) in [7, 11) is -3.56. The Labute approximate surface area is 203 Å². The van der Waals surface area contributed by atoms with Gasteiger partial charge in [0.05, 0.1) is 21.7 Å². The van der Waals surface area contributed by atoms with E-state index in [-0.39, 0.29) is 22.6 Å². The number of hydrogen-bond acceptors (Lipinski definition) is 8. The minimum atomic E-state index is -3.56. The van der Waals surface area contributed by atoms with E-state index in [1.807, 2.05) is 6.92 Å². The van der Waals surface area contributed by atoms with E-state index in [9.17, 15) is 18.0 Å². The maximum absolute atomic E-state index is 12.6. The van der Waals surface area contributed by atoms with Crippen molar-refractivity contribution in [3.8, 4) is 5.75 Å². The Morgan fingerprint density at radius 3 is 2.40 bits per heavy atom. The highest BCUT2D eigenvalue weighted by atomic mass is 32.2. The van der Waals surface area contributed by atoms with Crippen molar-refractivity contribution in [3.63, 3.8) is 0 Å². The van der Waals surface area contributed by atoms with Crippen LogP contribution in [0.1, 0.15) is 50.6 Å². The van der Waals surface area contributed by atoms with Gasteiger partial charge < -0.3 is 14.0 Å². The van der Waals surface area contributed by atoms with Crippen molar-refractivity contribution in [1.29, 1.82) is 0 Å². The van der Waals surface area contributed by atoms with Crippen LogP contribution in [0.5, 0.6) is 5.75 Å². The molecule has 0 bridgehead atoms. The Kier molecular flexibility index (Phi) is 7.32. The number of nitrogens with zero attached hydrogens (tertiary/aromatic N) is 2. The van der Waals surface area contributed by atoms with Crippen molar-refractivity contribution in [3.05, 3.63) is 76.7 Å². The molecule has 1 fully saturated rings. The number of sulfonamides is 1. The zero-order valence-electron chi connectivity index (χ0n) is 19.5. The largest absolute Gasteiger partial charge is 0.489 e. The standard InChI is InChI=1S/C25H26N2O7S/c1-17-23(18(2)34-26-17)15-32-21-7-5-6-20(14-21)25(29)33-16-24(28)19-8-10-22(11-9-19)35(30,31)27-12-3-4-13-27/h5-11,14H,3-4,12-13,15-16H2,1-2H3. The molecule has 1 aromatic heterocycles. The van der Waals surface area contributed by atoms with Crippen LogP contribution in [0.15, 0.2) is 57.9 Å². The van der Waals surface area contributed by atoms with Gasteiger partial charge in [-0.05, 0) is 69.2 Å². The first-order chi connectivity index (χ1) is 16.8. The van der Waals surface area contributed by atoms with Crippen molar-refractivity contribution in [2.24, 2.45) is 0 Å². The number of esters is 1. The molecule has 1 aliphatic heterocycles. The fourth-order valence-electron chi connectivity index (χ4n) is 3.76. The lowest BCUT2D eigenvalue weighted by Gasteiger charge is -2.15. The monoisotopic (exact) mass is 498 g/mol. The van der Waals surface area contributed by atoms with Crippen LogP contribution in [-0.2, 0) is 21.4 Å². The summed E-state index contributed by atoms with van der Waals surface area (Å²) in [5.74, 6) is 0.0162. The van der Waals surface area contributed by atoms with Gasteiger partial charge in [-0.15, -0.1) is 0 Å². The van der Waals surface area contributed by atoms with Crippen LogP contribution in [0.25, 0.3) is 0 Å². The highest BCUT2D eigenvalue weighted by Crippen LogP contribution is 2.22. The molecule has 1 aliphatic rings. The molecule has 35 heavy (non-hydrogen) atoms. The number of ketones is 1. The number of ether oxygens (including phenoxy) is 2. The molecule has 0 amide bonds. The summed E-state index contributed by atoms with van der Waals surface area (Å²) in [4.78, 5) is 25.1. The first-order valence-corrected chi connectivity index (χ1v) is 12.6. The predicted molar refractivity (Wildman–Crippen MR) is 126 cm³/mol. The van der Waals surface area contributed by atoms with Crippen LogP contribution in [0.2, 0.25) is 0 Å². The molecule has 0 saturated carbocycles. The first kappa shape index (κ1) is 24.6. The van der Waals surface area contributed by atoms with Crippen LogP contribution in [0.3, 0.4) is 0 Å². The Morgan fingerprint density at radius 2 is 1.74 bits per heavy atom. The quantitative estimate of drug-likeness (QED) is 0.324. The number of benzene rings is 2. The normalized spacial score (nSPS) is 14.1. The Hall–Kier alpha value is -3.50. The lowest BCUT2D eigenvalue weighted by molar-refractivity contribution is 0.0474. The third kappa shape index (κ3) is 5.60. The summed E-state index contributed by atoms with van der Waals surface area (Å²) in [6.07, 6.45) is 1.69. The van der Waals surface area contributed by atoms with E-state index in [1.165, 1.54) is 34.6 Å². The Balaban J connectivity index is 1.33. The Morgan fingerprint density at radius 1 is 1.03 bits per heavy atom. The predicted octanol–water partition coefficient (Wildman–Crippen LogP) is 3.69. The minimum absolute atomic E-state index is 0.140. The van der Waals surface area contributed by atoms with E-state index >= 15 is 0 Å². The molecule has 1 saturated heterocycles. The van der Waals surface area contributed by atoms with Crippen molar-refractivity contribution >= 4 is 21.8 Å². The van der Waals surface area contributed by atoms with E-state index in [0.717, 1.165) is 24.1 Å². The lowest BCUT2D eigenvalue weighted by atomic mass is 10.1. The molecule has 9 nitrogen and oxygen atoms in total. The second-order valence-corrected chi connectivity index (χ2v) is 10.2. The number of hydrogen-bond donors (Lipinski definition) is 0. The summed E-state index contributed by atoms with van der Waals surface area (Å²) in [5.41, 5.74) is 2.07. The zero-order chi connectivity index (χ0) is 25.0. The van der Waals surface area contributed by atoms with Crippen LogP contribution >= 0.6 is 0 Å².